The maximum atomic E-state index is 13.6. The number of aryl methyl sites for hydroxylation is 1. The van der Waals surface area contributed by atoms with Crippen molar-refractivity contribution in [2.45, 2.75) is 18.8 Å². The number of aromatic nitrogens is 1. The summed E-state index contributed by atoms with van der Waals surface area (Å²) >= 11 is 0. The van der Waals surface area contributed by atoms with E-state index in [1.165, 1.54) is 18.3 Å². The molecule has 3 rings (SSSR count). The van der Waals surface area contributed by atoms with Gasteiger partial charge in [-0.05, 0) is 30.2 Å². The number of amides is 1. The summed E-state index contributed by atoms with van der Waals surface area (Å²) in [7, 11) is 0. The molecule has 2 heterocycles. The molecule has 6 heteroatoms. The van der Waals surface area contributed by atoms with Gasteiger partial charge in [-0.25, -0.2) is 9.37 Å². The van der Waals surface area contributed by atoms with Crippen molar-refractivity contribution in [1.29, 1.82) is 0 Å². The van der Waals surface area contributed by atoms with Crippen LogP contribution in [0.4, 0.5) is 8.78 Å². The zero-order valence-electron chi connectivity index (χ0n) is 13.7. The van der Waals surface area contributed by atoms with Crippen molar-refractivity contribution in [3.05, 3.63) is 65.5 Å². The molecule has 1 N–H and O–H groups in total. The molecule has 1 aromatic heterocycles. The number of nitrogens with zero attached hydrogens (tertiary/aromatic N) is 2. The van der Waals surface area contributed by atoms with Gasteiger partial charge in [0.25, 0.3) is 0 Å². The molecule has 2 aromatic rings. The van der Waals surface area contributed by atoms with E-state index in [1.807, 2.05) is 6.07 Å². The molecular weight excluding hydrogens is 326 g/mol. The Hall–Kier alpha value is -2.34. The van der Waals surface area contributed by atoms with Crippen LogP contribution in [-0.2, 0) is 11.2 Å². The second kappa shape index (κ2) is 7.70. The maximum Gasteiger partial charge on any atom is 0.222 e. The quantitative estimate of drug-likeness (QED) is 0.847. The van der Waals surface area contributed by atoms with E-state index in [-0.39, 0.29) is 43.0 Å². The minimum absolute atomic E-state index is 0.0673. The van der Waals surface area contributed by atoms with Gasteiger partial charge >= 0.3 is 0 Å². The van der Waals surface area contributed by atoms with E-state index in [9.17, 15) is 18.7 Å². The first-order valence-corrected chi connectivity index (χ1v) is 8.32. The Kier molecular flexibility index (Phi) is 5.38. The molecule has 0 spiro atoms. The Labute approximate surface area is 145 Å². The predicted molar refractivity (Wildman–Crippen MR) is 88.8 cm³/mol. The number of aliphatic hydroxyl groups excluding tert-OH is 1. The molecule has 0 radical (unpaired) electrons. The monoisotopic (exact) mass is 346 g/mol. The smallest absolute Gasteiger partial charge is 0.222 e. The third kappa shape index (κ3) is 4.02. The highest BCUT2D eigenvalue weighted by atomic mass is 19.1. The molecule has 0 aliphatic carbocycles. The van der Waals surface area contributed by atoms with Gasteiger partial charge in [0, 0.05) is 49.7 Å². The van der Waals surface area contributed by atoms with E-state index in [0.29, 0.717) is 18.7 Å². The van der Waals surface area contributed by atoms with Crippen LogP contribution in [0.5, 0.6) is 0 Å². The molecule has 4 nitrogen and oxygen atoms in total. The summed E-state index contributed by atoms with van der Waals surface area (Å²) in [5.74, 6) is -1.20. The minimum atomic E-state index is -0.553. The van der Waals surface area contributed by atoms with Gasteiger partial charge in [-0.1, -0.05) is 18.2 Å². The first-order valence-electron chi connectivity index (χ1n) is 8.32. The fourth-order valence-corrected chi connectivity index (χ4v) is 3.38. The second-order valence-corrected chi connectivity index (χ2v) is 6.36. The van der Waals surface area contributed by atoms with Crippen molar-refractivity contribution < 1.29 is 18.7 Å². The van der Waals surface area contributed by atoms with E-state index in [0.717, 1.165) is 5.56 Å². The second-order valence-electron chi connectivity index (χ2n) is 6.36. The van der Waals surface area contributed by atoms with Crippen molar-refractivity contribution in [2.75, 3.05) is 19.7 Å². The number of rotatable bonds is 5. The van der Waals surface area contributed by atoms with Gasteiger partial charge in [0.05, 0.1) is 0 Å². The molecule has 1 saturated heterocycles. The van der Waals surface area contributed by atoms with Crippen molar-refractivity contribution in [3.8, 4) is 0 Å². The average molecular weight is 346 g/mol. The van der Waals surface area contributed by atoms with Gasteiger partial charge in [-0.2, -0.15) is 4.39 Å². The van der Waals surface area contributed by atoms with E-state index >= 15 is 0 Å². The zero-order chi connectivity index (χ0) is 17.8. The number of benzene rings is 1. The molecule has 1 fully saturated rings. The van der Waals surface area contributed by atoms with Gasteiger partial charge in [0.1, 0.15) is 5.82 Å². The fraction of sp³-hybridized carbons (Fsp3) is 0.368. The molecule has 25 heavy (non-hydrogen) atoms. The third-order valence-electron chi connectivity index (χ3n) is 4.75. The molecule has 1 aromatic carbocycles. The number of halogens is 2. The highest BCUT2D eigenvalue weighted by Crippen LogP contribution is 2.33. The number of hydrogen-bond acceptors (Lipinski definition) is 3. The van der Waals surface area contributed by atoms with Crippen molar-refractivity contribution in [1.82, 2.24) is 9.88 Å². The maximum absolute atomic E-state index is 13.6. The number of carbonyl (C=O) groups excluding carboxylic acids is 1. The summed E-state index contributed by atoms with van der Waals surface area (Å²) in [6.45, 7) is 0.789. The molecule has 0 saturated carbocycles. The average Bonchev–Trinajstić information content (AvgIpc) is 3.05. The summed E-state index contributed by atoms with van der Waals surface area (Å²) in [6.07, 6.45) is 1.83. The predicted octanol–water partition coefficient (Wildman–Crippen LogP) is 2.53. The fourth-order valence-electron chi connectivity index (χ4n) is 3.38. The Bertz CT molecular complexity index is 754. The third-order valence-corrected chi connectivity index (χ3v) is 4.75. The van der Waals surface area contributed by atoms with Crippen LogP contribution in [-0.4, -0.2) is 40.6 Å². The standard InChI is InChI=1S/C19H20F2N2O2/c20-16-5-1-3-14(9-16)17-11-23(10-15(17)12-24)18(25)7-6-13-4-2-8-22-19(13)21/h1-5,8-9,15,17,24H,6-7,10-12H2/t15-,17-/m0/s1. The number of pyridine rings is 1. The summed E-state index contributed by atoms with van der Waals surface area (Å²) in [5, 5.41) is 9.62. The first kappa shape index (κ1) is 17.5. The summed E-state index contributed by atoms with van der Waals surface area (Å²) < 4.78 is 27.0. The van der Waals surface area contributed by atoms with Crippen molar-refractivity contribution in [3.63, 3.8) is 0 Å². The molecule has 1 aliphatic rings. The van der Waals surface area contributed by atoms with Crippen LogP contribution in [0.1, 0.15) is 23.5 Å². The molecular formula is C19H20F2N2O2. The van der Waals surface area contributed by atoms with Crippen molar-refractivity contribution in [2.24, 2.45) is 5.92 Å². The van der Waals surface area contributed by atoms with Crippen LogP contribution < -0.4 is 0 Å². The highest BCUT2D eigenvalue weighted by molar-refractivity contribution is 5.77. The molecule has 132 valence electrons. The van der Waals surface area contributed by atoms with Crippen LogP contribution >= 0.6 is 0 Å². The molecule has 1 aliphatic heterocycles. The summed E-state index contributed by atoms with van der Waals surface area (Å²) in [6, 6.07) is 9.53. The molecule has 1 amide bonds. The number of hydrogen-bond donors (Lipinski definition) is 1. The number of aliphatic hydroxyl groups is 1. The SMILES string of the molecule is O=C(CCc1cccnc1F)N1C[C@@H](CO)[C@H](c2cccc(F)c2)C1. The summed E-state index contributed by atoms with van der Waals surface area (Å²) in [4.78, 5) is 17.7. The van der Waals surface area contributed by atoms with Crippen LogP contribution in [0.25, 0.3) is 0 Å². The normalized spacial score (nSPS) is 20.0. The largest absolute Gasteiger partial charge is 0.396 e. The van der Waals surface area contributed by atoms with E-state index in [4.69, 9.17) is 0 Å². The summed E-state index contributed by atoms with van der Waals surface area (Å²) in [5.41, 5.74) is 1.20. The van der Waals surface area contributed by atoms with Crippen LogP contribution in [0, 0.1) is 17.7 Å². The van der Waals surface area contributed by atoms with Crippen LogP contribution in [0.15, 0.2) is 42.6 Å². The number of likely N-dealkylation sites (tertiary alicyclic amines) is 1. The lowest BCUT2D eigenvalue weighted by atomic mass is 9.89. The van der Waals surface area contributed by atoms with Gasteiger partial charge < -0.3 is 10.0 Å². The van der Waals surface area contributed by atoms with Gasteiger partial charge in [0.15, 0.2) is 0 Å². The van der Waals surface area contributed by atoms with Gasteiger partial charge in [-0.3, -0.25) is 4.79 Å². The lowest BCUT2D eigenvalue weighted by molar-refractivity contribution is -0.130. The number of carbonyl (C=O) groups is 1. The topological polar surface area (TPSA) is 53.4 Å². The molecule has 0 bridgehead atoms. The van der Waals surface area contributed by atoms with E-state index < -0.39 is 5.95 Å². The Morgan fingerprint density at radius 3 is 2.80 bits per heavy atom. The molecule has 2 atom stereocenters. The van der Waals surface area contributed by atoms with E-state index in [1.54, 1.807) is 23.1 Å². The first-order chi connectivity index (χ1) is 12.1. The Morgan fingerprint density at radius 2 is 2.08 bits per heavy atom. The van der Waals surface area contributed by atoms with Crippen molar-refractivity contribution >= 4 is 5.91 Å². The lowest BCUT2D eigenvalue weighted by Gasteiger charge is -2.17. The minimum Gasteiger partial charge on any atom is -0.396 e. The van der Waals surface area contributed by atoms with Crippen LogP contribution in [0.2, 0.25) is 0 Å². The van der Waals surface area contributed by atoms with Gasteiger partial charge in [-0.15, -0.1) is 0 Å². The Morgan fingerprint density at radius 1 is 1.24 bits per heavy atom. The van der Waals surface area contributed by atoms with E-state index in [2.05, 4.69) is 4.98 Å². The molecule has 0 unspecified atom stereocenters. The van der Waals surface area contributed by atoms with Gasteiger partial charge in [0.2, 0.25) is 11.9 Å². The Balaban J connectivity index is 1.65. The highest BCUT2D eigenvalue weighted by Gasteiger charge is 2.35. The zero-order valence-corrected chi connectivity index (χ0v) is 13.7. The van der Waals surface area contributed by atoms with Crippen LogP contribution in [0.3, 0.4) is 0 Å². The lowest BCUT2D eigenvalue weighted by Crippen LogP contribution is -2.29.